The van der Waals surface area contributed by atoms with Gasteiger partial charge in [-0.05, 0) is 37.3 Å². The number of rotatable bonds is 4. The van der Waals surface area contributed by atoms with E-state index in [-0.39, 0.29) is 30.6 Å². The minimum Gasteiger partial charge on any atom is -0.379 e. The van der Waals surface area contributed by atoms with Gasteiger partial charge < -0.3 is 19.7 Å². The number of methoxy groups -OCH3 is 1. The van der Waals surface area contributed by atoms with Crippen LogP contribution < -0.4 is 5.32 Å². The summed E-state index contributed by atoms with van der Waals surface area (Å²) in [4.78, 5) is 19.1. The fourth-order valence-corrected chi connectivity index (χ4v) is 5.99. The van der Waals surface area contributed by atoms with Crippen LogP contribution in [-0.2, 0) is 33.4 Å². The Hall–Kier alpha value is -0.980. The summed E-state index contributed by atoms with van der Waals surface area (Å²) >= 11 is 2.25. The van der Waals surface area contributed by atoms with Gasteiger partial charge in [0.05, 0.1) is 18.3 Å². The number of nitrogens with zero attached hydrogens (tertiary/aromatic N) is 2. The molecular formula is C21H27F3IN3O3. The molecule has 10 heteroatoms. The molecule has 1 amide bonds. The second-order valence-electron chi connectivity index (χ2n) is 8.62. The Kier molecular flexibility index (Phi) is 6.81. The molecule has 0 radical (unpaired) electrons. The van der Waals surface area contributed by atoms with E-state index in [2.05, 4.69) is 32.9 Å². The predicted molar refractivity (Wildman–Crippen MR) is 116 cm³/mol. The van der Waals surface area contributed by atoms with E-state index in [0.29, 0.717) is 43.9 Å². The minimum absolute atomic E-state index is 0.00240. The molecule has 0 spiro atoms. The number of pyridine rings is 1. The molecule has 2 fully saturated rings. The molecule has 6 nitrogen and oxygen atoms in total. The van der Waals surface area contributed by atoms with Crippen molar-refractivity contribution < 1.29 is 27.4 Å². The highest BCUT2D eigenvalue weighted by Gasteiger charge is 2.46. The molecule has 1 N–H and O–H groups in total. The lowest BCUT2D eigenvalue weighted by atomic mass is 9.99. The highest BCUT2D eigenvalue weighted by Crippen LogP contribution is 2.41. The number of aromatic nitrogens is 1. The Labute approximate surface area is 193 Å². The van der Waals surface area contributed by atoms with E-state index in [9.17, 15) is 18.0 Å². The first-order chi connectivity index (χ1) is 14.7. The van der Waals surface area contributed by atoms with Crippen LogP contribution in [0.1, 0.15) is 42.5 Å². The normalized spacial score (nSPS) is 31.5. The van der Waals surface area contributed by atoms with Gasteiger partial charge in [-0.3, -0.25) is 9.78 Å². The largest absolute Gasteiger partial charge is 0.417 e. The van der Waals surface area contributed by atoms with Gasteiger partial charge in [-0.25, -0.2) is 0 Å². The zero-order valence-electron chi connectivity index (χ0n) is 17.4. The second kappa shape index (κ2) is 9.11. The lowest BCUT2D eigenvalue weighted by molar-refractivity contribution is -0.137. The summed E-state index contributed by atoms with van der Waals surface area (Å²) < 4.78 is 49.7. The zero-order valence-corrected chi connectivity index (χ0v) is 19.5. The van der Waals surface area contributed by atoms with Crippen LogP contribution in [-0.4, -0.2) is 64.3 Å². The number of hydrogen-bond acceptors (Lipinski definition) is 5. The Morgan fingerprint density at radius 2 is 2.23 bits per heavy atom. The molecule has 1 aliphatic carbocycles. The maximum Gasteiger partial charge on any atom is 0.417 e. The number of hydrogen-bond donors (Lipinski definition) is 1. The summed E-state index contributed by atoms with van der Waals surface area (Å²) in [6, 6.07) is 1.54. The van der Waals surface area contributed by atoms with E-state index in [1.165, 1.54) is 0 Å². The first-order valence-corrected chi connectivity index (χ1v) is 11.7. The topological polar surface area (TPSA) is 63.7 Å². The second-order valence-corrected chi connectivity index (χ2v) is 10.7. The van der Waals surface area contributed by atoms with E-state index >= 15 is 0 Å². The van der Waals surface area contributed by atoms with Gasteiger partial charge in [0.2, 0.25) is 5.91 Å². The molecule has 1 aromatic rings. The van der Waals surface area contributed by atoms with E-state index in [0.717, 1.165) is 31.5 Å². The first-order valence-electron chi connectivity index (χ1n) is 10.6. The van der Waals surface area contributed by atoms with Crippen molar-refractivity contribution in [3.05, 3.63) is 29.1 Å². The van der Waals surface area contributed by atoms with Crippen molar-refractivity contribution in [1.29, 1.82) is 0 Å². The molecule has 1 saturated carbocycles. The maximum absolute atomic E-state index is 13.4. The van der Waals surface area contributed by atoms with Gasteiger partial charge in [0.25, 0.3) is 0 Å². The molecule has 31 heavy (non-hydrogen) atoms. The van der Waals surface area contributed by atoms with Crippen LogP contribution in [0.3, 0.4) is 0 Å². The Balaban J connectivity index is 1.40. The number of nitrogens with one attached hydrogen (secondary N) is 1. The highest BCUT2D eigenvalue weighted by atomic mass is 127. The highest BCUT2D eigenvalue weighted by molar-refractivity contribution is 14.1. The third kappa shape index (κ3) is 5.01. The van der Waals surface area contributed by atoms with Gasteiger partial charge in [0, 0.05) is 57.2 Å². The SMILES string of the molecule is COC1COCCC1N[C@@H]1CC[C@](I)(C(=O)N2CCc3ncc(C(F)(F)F)cc3C2)C1. The van der Waals surface area contributed by atoms with Gasteiger partial charge >= 0.3 is 6.18 Å². The summed E-state index contributed by atoms with van der Waals surface area (Å²) in [7, 11) is 1.68. The molecule has 4 rings (SSSR count). The van der Waals surface area contributed by atoms with Crippen LogP contribution >= 0.6 is 22.6 Å². The molecule has 4 atom stereocenters. The molecule has 3 aliphatic rings. The van der Waals surface area contributed by atoms with Gasteiger partial charge in [0.1, 0.15) is 3.42 Å². The number of amides is 1. The molecule has 3 heterocycles. The quantitative estimate of drug-likeness (QED) is 0.459. The molecule has 1 saturated heterocycles. The summed E-state index contributed by atoms with van der Waals surface area (Å²) in [5.74, 6) is 0.00994. The average molecular weight is 553 g/mol. The summed E-state index contributed by atoms with van der Waals surface area (Å²) in [6.45, 7) is 1.93. The van der Waals surface area contributed by atoms with E-state index in [4.69, 9.17) is 9.47 Å². The Bertz CT molecular complexity index is 825. The van der Waals surface area contributed by atoms with Crippen LogP contribution in [0, 0.1) is 0 Å². The summed E-state index contributed by atoms with van der Waals surface area (Å²) in [6.07, 6.45) is 0.120. The molecule has 2 aliphatic heterocycles. The lowest BCUT2D eigenvalue weighted by Crippen LogP contribution is -2.51. The smallest absolute Gasteiger partial charge is 0.379 e. The Morgan fingerprint density at radius 3 is 2.97 bits per heavy atom. The number of alkyl halides is 4. The molecule has 1 aromatic heterocycles. The van der Waals surface area contributed by atoms with Crippen molar-refractivity contribution in [2.45, 2.75) is 66.4 Å². The third-order valence-electron chi connectivity index (χ3n) is 6.55. The van der Waals surface area contributed by atoms with Crippen molar-refractivity contribution in [2.75, 3.05) is 26.9 Å². The standard InChI is InChI=1S/C21H27F3IN3O3/c1-30-18-12-31-7-4-17(18)27-15-2-5-20(25,9-15)19(29)28-6-3-16-13(11-28)8-14(10-26-16)21(22,23)24/h8,10,15,17-18,27H,2-7,9,11-12H2,1H3/t15-,17?,18?,20-/m1/s1. The molecule has 0 aromatic carbocycles. The van der Waals surface area contributed by atoms with E-state index < -0.39 is 15.2 Å². The van der Waals surface area contributed by atoms with Crippen LogP contribution in [0.5, 0.6) is 0 Å². The van der Waals surface area contributed by atoms with Crippen LogP contribution in [0.2, 0.25) is 0 Å². The van der Waals surface area contributed by atoms with Crippen LogP contribution in [0.25, 0.3) is 0 Å². The minimum atomic E-state index is -4.44. The Morgan fingerprint density at radius 1 is 1.42 bits per heavy atom. The van der Waals surface area contributed by atoms with Crippen molar-refractivity contribution in [3.8, 4) is 0 Å². The van der Waals surface area contributed by atoms with Crippen molar-refractivity contribution in [1.82, 2.24) is 15.2 Å². The molecule has 172 valence electrons. The monoisotopic (exact) mass is 553 g/mol. The predicted octanol–water partition coefficient (Wildman–Crippen LogP) is 3.10. The van der Waals surface area contributed by atoms with Crippen molar-refractivity contribution in [2.24, 2.45) is 0 Å². The number of halogens is 4. The van der Waals surface area contributed by atoms with Gasteiger partial charge in [-0.15, -0.1) is 0 Å². The fraction of sp³-hybridized carbons (Fsp3) is 0.714. The number of ether oxygens (including phenoxy) is 2. The average Bonchev–Trinajstić information content (AvgIpc) is 3.14. The number of carbonyl (C=O) groups excluding carboxylic acids is 1. The molecule has 2 unspecified atom stereocenters. The summed E-state index contributed by atoms with van der Waals surface area (Å²) in [5, 5.41) is 3.66. The summed E-state index contributed by atoms with van der Waals surface area (Å²) in [5.41, 5.74) is 0.377. The van der Waals surface area contributed by atoms with E-state index in [1.807, 2.05) is 0 Å². The van der Waals surface area contributed by atoms with Crippen LogP contribution in [0.4, 0.5) is 13.2 Å². The maximum atomic E-state index is 13.4. The molecule has 0 bridgehead atoms. The molecular weight excluding hydrogens is 526 g/mol. The zero-order chi connectivity index (χ0) is 22.2. The first kappa shape index (κ1) is 23.2. The van der Waals surface area contributed by atoms with Gasteiger partial charge in [-0.2, -0.15) is 13.2 Å². The number of fused-ring (bicyclic) bond motifs is 1. The third-order valence-corrected chi connectivity index (χ3v) is 7.99. The van der Waals surface area contributed by atoms with E-state index in [1.54, 1.807) is 12.0 Å². The fourth-order valence-electron chi connectivity index (χ4n) is 4.81. The van der Waals surface area contributed by atoms with Gasteiger partial charge in [-0.1, -0.05) is 22.6 Å². The van der Waals surface area contributed by atoms with Gasteiger partial charge in [0.15, 0.2) is 0 Å². The van der Waals surface area contributed by atoms with Crippen molar-refractivity contribution >= 4 is 28.5 Å². The number of carbonyl (C=O) groups is 1. The van der Waals surface area contributed by atoms with Crippen molar-refractivity contribution in [3.63, 3.8) is 0 Å². The lowest BCUT2D eigenvalue weighted by Gasteiger charge is -2.35. The van der Waals surface area contributed by atoms with Crippen LogP contribution in [0.15, 0.2) is 12.3 Å².